The van der Waals surface area contributed by atoms with Crippen LogP contribution in [0, 0.1) is 13.8 Å². The predicted octanol–water partition coefficient (Wildman–Crippen LogP) is 4.48. The van der Waals surface area contributed by atoms with Gasteiger partial charge in [-0.05, 0) is 49.7 Å². The zero-order chi connectivity index (χ0) is 12.4. The summed E-state index contributed by atoms with van der Waals surface area (Å²) in [6, 6.07) is 13.0. The van der Waals surface area contributed by atoms with Crippen molar-refractivity contribution < 1.29 is 5.21 Å². The molecule has 17 heavy (non-hydrogen) atoms. The Morgan fingerprint density at radius 1 is 1.00 bits per heavy atom. The number of nitrogens with zero attached hydrogens (tertiary/aromatic N) is 1. The second kappa shape index (κ2) is 4.78. The zero-order valence-electron chi connectivity index (χ0n) is 9.81. The van der Waals surface area contributed by atoms with Crippen LogP contribution in [-0.4, -0.2) is 5.21 Å². The summed E-state index contributed by atoms with van der Waals surface area (Å²) in [5, 5.41) is 12.0. The molecule has 2 aromatic carbocycles. The number of hydrogen-bond acceptors (Lipinski definition) is 2. The van der Waals surface area contributed by atoms with Gasteiger partial charge in [0.15, 0.2) is 0 Å². The van der Waals surface area contributed by atoms with E-state index in [4.69, 9.17) is 11.6 Å². The van der Waals surface area contributed by atoms with Crippen LogP contribution in [0.4, 0.5) is 11.4 Å². The molecule has 0 heterocycles. The number of anilines is 2. The Balaban J connectivity index is 2.36. The maximum absolute atomic E-state index is 10.1. The summed E-state index contributed by atoms with van der Waals surface area (Å²) in [5.74, 6) is 0. The molecule has 0 radical (unpaired) electrons. The smallest absolute Gasteiger partial charge is 0.0722 e. The van der Waals surface area contributed by atoms with E-state index in [0.29, 0.717) is 10.7 Å². The highest BCUT2D eigenvalue weighted by atomic mass is 35.5. The van der Waals surface area contributed by atoms with Crippen LogP contribution in [0.1, 0.15) is 11.1 Å². The standard InChI is InChI=1S/C14H14ClNO/c1-10-3-8-14(11(2)9-10)16(17)13-6-4-12(15)5-7-13/h3-9,17H,1-2H3. The van der Waals surface area contributed by atoms with E-state index in [1.165, 1.54) is 10.6 Å². The summed E-state index contributed by atoms with van der Waals surface area (Å²) < 4.78 is 0. The van der Waals surface area contributed by atoms with Crippen molar-refractivity contribution in [2.75, 3.05) is 5.06 Å². The first-order valence-electron chi connectivity index (χ1n) is 5.40. The molecule has 2 aromatic rings. The van der Waals surface area contributed by atoms with Crippen molar-refractivity contribution in [3.8, 4) is 0 Å². The molecule has 0 aromatic heterocycles. The fourth-order valence-corrected chi connectivity index (χ4v) is 1.89. The van der Waals surface area contributed by atoms with Crippen LogP contribution in [0.15, 0.2) is 42.5 Å². The molecule has 0 bridgehead atoms. The molecule has 2 nitrogen and oxygen atoms in total. The van der Waals surface area contributed by atoms with Crippen molar-refractivity contribution >= 4 is 23.0 Å². The van der Waals surface area contributed by atoms with E-state index in [1.54, 1.807) is 24.3 Å². The van der Waals surface area contributed by atoms with Gasteiger partial charge < -0.3 is 0 Å². The van der Waals surface area contributed by atoms with Gasteiger partial charge in [-0.3, -0.25) is 5.21 Å². The molecule has 88 valence electrons. The van der Waals surface area contributed by atoms with Crippen LogP contribution in [0.3, 0.4) is 0 Å². The molecule has 0 saturated heterocycles. The number of benzene rings is 2. The van der Waals surface area contributed by atoms with E-state index in [2.05, 4.69) is 0 Å². The number of halogens is 1. The lowest BCUT2D eigenvalue weighted by atomic mass is 10.1. The molecular formula is C14H14ClNO. The van der Waals surface area contributed by atoms with Gasteiger partial charge in [0.05, 0.1) is 11.4 Å². The summed E-state index contributed by atoms with van der Waals surface area (Å²) >= 11 is 5.81. The summed E-state index contributed by atoms with van der Waals surface area (Å²) in [6.45, 7) is 4.00. The second-order valence-corrected chi connectivity index (χ2v) is 4.51. The lowest BCUT2D eigenvalue weighted by molar-refractivity contribution is 0.300. The first kappa shape index (κ1) is 12.0. The Bertz CT molecular complexity index is 522. The Kier molecular flexibility index (Phi) is 3.36. The van der Waals surface area contributed by atoms with Crippen molar-refractivity contribution in [1.82, 2.24) is 0 Å². The molecule has 0 saturated carbocycles. The van der Waals surface area contributed by atoms with E-state index in [1.807, 2.05) is 32.0 Å². The SMILES string of the molecule is Cc1ccc(N(O)c2ccc(Cl)cc2)c(C)c1. The van der Waals surface area contributed by atoms with Crippen molar-refractivity contribution in [3.63, 3.8) is 0 Å². The fourth-order valence-electron chi connectivity index (χ4n) is 1.76. The van der Waals surface area contributed by atoms with Crippen LogP contribution < -0.4 is 5.06 Å². The molecule has 0 aliphatic rings. The minimum atomic E-state index is 0.655. The summed E-state index contributed by atoms with van der Waals surface area (Å²) in [4.78, 5) is 0. The molecule has 0 amide bonds. The van der Waals surface area contributed by atoms with E-state index in [9.17, 15) is 5.21 Å². The number of rotatable bonds is 2. The van der Waals surface area contributed by atoms with Crippen molar-refractivity contribution in [3.05, 3.63) is 58.6 Å². The van der Waals surface area contributed by atoms with Gasteiger partial charge in [0.25, 0.3) is 0 Å². The predicted molar refractivity (Wildman–Crippen MR) is 71.3 cm³/mol. The maximum Gasteiger partial charge on any atom is 0.0722 e. The van der Waals surface area contributed by atoms with E-state index in [-0.39, 0.29) is 0 Å². The first-order valence-corrected chi connectivity index (χ1v) is 5.77. The quantitative estimate of drug-likeness (QED) is 0.791. The Labute approximate surface area is 106 Å². The molecule has 1 N–H and O–H groups in total. The van der Waals surface area contributed by atoms with Crippen LogP contribution in [0.5, 0.6) is 0 Å². The summed E-state index contributed by atoms with van der Waals surface area (Å²) in [6.07, 6.45) is 0. The average molecular weight is 248 g/mol. The van der Waals surface area contributed by atoms with Gasteiger partial charge in [-0.2, -0.15) is 0 Å². The van der Waals surface area contributed by atoms with E-state index >= 15 is 0 Å². The zero-order valence-corrected chi connectivity index (χ0v) is 10.6. The first-order chi connectivity index (χ1) is 8.08. The molecule has 0 aliphatic heterocycles. The van der Waals surface area contributed by atoms with E-state index < -0.39 is 0 Å². The van der Waals surface area contributed by atoms with Gasteiger partial charge in [-0.1, -0.05) is 29.3 Å². The minimum absolute atomic E-state index is 0.655. The highest BCUT2D eigenvalue weighted by molar-refractivity contribution is 6.30. The molecule has 3 heteroatoms. The summed E-state index contributed by atoms with van der Waals surface area (Å²) in [5.41, 5.74) is 3.68. The van der Waals surface area contributed by atoms with Gasteiger partial charge in [0.2, 0.25) is 0 Å². The highest BCUT2D eigenvalue weighted by Crippen LogP contribution is 2.27. The Morgan fingerprint density at radius 3 is 2.24 bits per heavy atom. The Morgan fingerprint density at radius 2 is 1.65 bits per heavy atom. The van der Waals surface area contributed by atoms with Gasteiger partial charge in [-0.15, -0.1) is 0 Å². The molecule has 2 rings (SSSR count). The van der Waals surface area contributed by atoms with Gasteiger partial charge in [0, 0.05) is 5.02 Å². The topological polar surface area (TPSA) is 23.5 Å². The monoisotopic (exact) mass is 247 g/mol. The maximum atomic E-state index is 10.1. The van der Waals surface area contributed by atoms with Crippen LogP contribution >= 0.6 is 11.6 Å². The molecule has 0 fully saturated rings. The third-order valence-corrected chi connectivity index (χ3v) is 2.90. The lowest BCUT2D eigenvalue weighted by Crippen LogP contribution is -2.11. The van der Waals surface area contributed by atoms with Crippen LogP contribution in [0.25, 0.3) is 0 Å². The van der Waals surface area contributed by atoms with Crippen LogP contribution in [-0.2, 0) is 0 Å². The van der Waals surface area contributed by atoms with E-state index in [0.717, 1.165) is 11.3 Å². The van der Waals surface area contributed by atoms with Gasteiger partial charge in [0.1, 0.15) is 0 Å². The third kappa shape index (κ3) is 2.60. The minimum Gasteiger partial charge on any atom is -0.283 e. The number of aryl methyl sites for hydroxylation is 2. The third-order valence-electron chi connectivity index (χ3n) is 2.65. The number of hydrogen-bond donors (Lipinski definition) is 1. The largest absolute Gasteiger partial charge is 0.283 e. The summed E-state index contributed by atoms with van der Waals surface area (Å²) in [7, 11) is 0. The van der Waals surface area contributed by atoms with Crippen molar-refractivity contribution in [2.24, 2.45) is 0 Å². The molecule has 0 spiro atoms. The lowest BCUT2D eigenvalue weighted by Gasteiger charge is -2.19. The van der Waals surface area contributed by atoms with Gasteiger partial charge >= 0.3 is 0 Å². The fraction of sp³-hybridized carbons (Fsp3) is 0.143. The van der Waals surface area contributed by atoms with Crippen molar-refractivity contribution in [1.29, 1.82) is 0 Å². The van der Waals surface area contributed by atoms with Gasteiger partial charge in [-0.25, -0.2) is 5.06 Å². The second-order valence-electron chi connectivity index (χ2n) is 4.08. The molecule has 0 aliphatic carbocycles. The molecule has 0 unspecified atom stereocenters. The Hall–Kier alpha value is -1.51. The highest BCUT2D eigenvalue weighted by Gasteiger charge is 2.08. The normalized spacial score (nSPS) is 10.4. The average Bonchev–Trinajstić information content (AvgIpc) is 2.29. The molecular weight excluding hydrogens is 234 g/mol. The molecule has 0 atom stereocenters. The van der Waals surface area contributed by atoms with Crippen molar-refractivity contribution in [2.45, 2.75) is 13.8 Å². The van der Waals surface area contributed by atoms with Crippen LogP contribution in [0.2, 0.25) is 5.02 Å².